The average Bonchev–Trinajstić information content (AvgIpc) is 3.00. The smallest absolute Gasteiger partial charge is 0.123 e. The molecule has 2 aliphatic carbocycles. The highest BCUT2D eigenvalue weighted by Crippen LogP contribution is 2.26. The fourth-order valence-corrected chi connectivity index (χ4v) is 5.36. The second-order valence-electron chi connectivity index (χ2n) is 10.7. The van der Waals surface area contributed by atoms with Crippen LogP contribution in [0.4, 0.5) is 0 Å². The molecule has 2 saturated heterocycles. The first kappa shape index (κ1) is 25.1. The van der Waals surface area contributed by atoms with Gasteiger partial charge in [0.25, 0.3) is 0 Å². The van der Waals surface area contributed by atoms with Crippen molar-refractivity contribution in [2.45, 2.75) is 71.3 Å². The Bertz CT molecular complexity index is 835. The molecule has 1 saturated carbocycles. The maximum absolute atomic E-state index is 4.74. The standard InChI is InChI=1S/C29H45N5/c1-24(2)27-9-5-4-8-26(13-14-27)22-32-16-7-10-28(15-17-32)31-23-30-25(3)33-18-20-34(21-19-33)29-11-6-12-29/h4,8,13-14,23-24,29H,3,5-7,9-12,15-22H2,1-2H3/b8-4-,26-13+,27-14+,30-23-,31-28?. The summed E-state index contributed by atoms with van der Waals surface area (Å²) in [6, 6.07) is 0.841. The first-order valence-corrected chi connectivity index (χ1v) is 13.6. The van der Waals surface area contributed by atoms with Gasteiger partial charge in [-0.15, -0.1) is 0 Å². The highest BCUT2D eigenvalue weighted by molar-refractivity contribution is 5.91. The average molecular weight is 464 g/mol. The van der Waals surface area contributed by atoms with Crippen molar-refractivity contribution in [1.29, 1.82) is 0 Å². The first-order chi connectivity index (χ1) is 16.6. The highest BCUT2D eigenvalue weighted by Gasteiger charge is 2.28. The molecule has 2 aliphatic heterocycles. The van der Waals surface area contributed by atoms with E-state index in [0.29, 0.717) is 5.92 Å². The van der Waals surface area contributed by atoms with Gasteiger partial charge >= 0.3 is 0 Å². The lowest BCUT2D eigenvalue weighted by Crippen LogP contribution is -2.51. The van der Waals surface area contributed by atoms with E-state index >= 15 is 0 Å². The molecule has 5 nitrogen and oxygen atoms in total. The lowest BCUT2D eigenvalue weighted by molar-refractivity contribution is 0.0744. The lowest BCUT2D eigenvalue weighted by atomic mass is 9.91. The van der Waals surface area contributed by atoms with Crippen LogP contribution in [0.3, 0.4) is 0 Å². The molecule has 4 aliphatic rings. The van der Waals surface area contributed by atoms with Crippen molar-refractivity contribution in [2.75, 3.05) is 45.8 Å². The van der Waals surface area contributed by atoms with E-state index in [1.54, 1.807) is 11.9 Å². The predicted octanol–water partition coefficient (Wildman–Crippen LogP) is 5.44. The van der Waals surface area contributed by atoms with Gasteiger partial charge in [0, 0.05) is 51.0 Å². The van der Waals surface area contributed by atoms with Crippen LogP contribution in [0.25, 0.3) is 0 Å². The summed E-state index contributed by atoms with van der Waals surface area (Å²) in [4.78, 5) is 16.9. The molecule has 0 amide bonds. The van der Waals surface area contributed by atoms with Gasteiger partial charge in [0.2, 0.25) is 0 Å². The van der Waals surface area contributed by atoms with Gasteiger partial charge in [0.1, 0.15) is 12.2 Å². The van der Waals surface area contributed by atoms with E-state index in [9.17, 15) is 0 Å². The Morgan fingerprint density at radius 3 is 2.59 bits per heavy atom. The number of hydrogen-bond donors (Lipinski definition) is 0. The molecule has 34 heavy (non-hydrogen) atoms. The van der Waals surface area contributed by atoms with E-state index in [2.05, 4.69) is 64.4 Å². The molecular weight excluding hydrogens is 418 g/mol. The van der Waals surface area contributed by atoms with Crippen LogP contribution in [0, 0.1) is 5.92 Å². The molecule has 0 unspecified atom stereocenters. The van der Waals surface area contributed by atoms with Crippen LogP contribution in [-0.2, 0) is 0 Å². The number of nitrogens with zero attached hydrogens (tertiary/aromatic N) is 5. The molecule has 0 aromatic heterocycles. The molecule has 0 aromatic rings. The molecule has 0 N–H and O–H groups in total. The Labute approximate surface area is 207 Å². The minimum atomic E-state index is 0.635. The lowest BCUT2D eigenvalue weighted by Gasteiger charge is -2.43. The summed E-state index contributed by atoms with van der Waals surface area (Å²) in [5, 5.41) is 0. The number of rotatable bonds is 7. The van der Waals surface area contributed by atoms with Crippen LogP contribution < -0.4 is 0 Å². The van der Waals surface area contributed by atoms with Crippen molar-refractivity contribution in [3.8, 4) is 0 Å². The van der Waals surface area contributed by atoms with Gasteiger partial charge < -0.3 is 4.90 Å². The summed E-state index contributed by atoms with van der Waals surface area (Å²) in [6.45, 7) is 16.4. The van der Waals surface area contributed by atoms with E-state index in [-0.39, 0.29) is 0 Å². The van der Waals surface area contributed by atoms with Crippen molar-refractivity contribution < 1.29 is 0 Å². The zero-order valence-corrected chi connectivity index (χ0v) is 21.6. The van der Waals surface area contributed by atoms with Gasteiger partial charge in [-0.1, -0.05) is 56.7 Å². The topological polar surface area (TPSA) is 34.4 Å². The molecule has 0 radical (unpaired) electrons. The van der Waals surface area contributed by atoms with E-state index in [1.165, 1.54) is 43.4 Å². The Kier molecular flexibility index (Phi) is 9.34. The van der Waals surface area contributed by atoms with Gasteiger partial charge in [-0.25, -0.2) is 9.98 Å². The van der Waals surface area contributed by atoms with Crippen LogP contribution >= 0.6 is 0 Å². The molecule has 0 bridgehead atoms. The van der Waals surface area contributed by atoms with Crippen LogP contribution in [-0.4, -0.2) is 78.6 Å². The molecule has 186 valence electrons. The fraction of sp³-hybridized carbons (Fsp3) is 0.655. The molecule has 0 aromatic carbocycles. The third kappa shape index (κ3) is 7.26. The van der Waals surface area contributed by atoms with E-state index in [1.807, 2.05) is 0 Å². The quantitative estimate of drug-likeness (QED) is 0.372. The summed E-state index contributed by atoms with van der Waals surface area (Å²) in [7, 11) is 0. The molecular formula is C29H45N5. The van der Waals surface area contributed by atoms with Crippen molar-refractivity contribution in [1.82, 2.24) is 14.7 Å². The third-order valence-electron chi connectivity index (χ3n) is 7.96. The monoisotopic (exact) mass is 463 g/mol. The van der Waals surface area contributed by atoms with Crippen molar-refractivity contribution in [3.05, 3.63) is 47.9 Å². The zero-order chi connectivity index (χ0) is 23.8. The molecule has 0 spiro atoms. The van der Waals surface area contributed by atoms with Crippen molar-refractivity contribution in [3.63, 3.8) is 0 Å². The highest BCUT2D eigenvalue weighted by atomic mass is 15.3. The second kappa shape index (κ2) is 12.6. The number of piperazine rings is 1. The normalized spacial score (nSPS) is 29.1. The van der Waals surface area contributed by atoms with Crippen LogP contribution in [0.1, 0.15) is 65.2 Å². The molecule has 0 atom stereocenters. The van der Waals surface area contributed by atoms with E-state index in [4.69, 9.17) is 4.99 Å². The van der Waals surface area contributed by atoms with Gasteiger partial charge in [-0.2, -0.15) is 0 Å². The minimum Gasteiger partial charge on any atom is -0.354 e. The Morgan fingerprint density at radius 1 is 1.03 bits per heavy atom. The number of hydrogen-bond acceptors (Lipinski definition) is 4. The zero-order valence-electron chi connectivity index (χ0n) is 21.6. The number of aliphatic imine (C=N–C) groups is 2. The number of allylic oxidation sites excluding steroid dienone is 4. The molecule has 3 fully saturated rings. The summed E-state index contributed by atoms with van der Waals surface area (Å²) in [5.41, 5.74) is 4.26. The second-order valence-corrected chi connectivity index (χ2v) is 10.7. The van der Waals surface area contributed by atoms with Gasteiger partial charge in [-0.3, -0.25) is 9.80 Å². The van der Waals surface area contributed by atoms with Crippen LogP contribution in [0.5, 0.6) is 0 Å². The predicted molar refractivity (Wildman–Crippen MR) is 146 cm³/mol. The molecule has 2 heterocycles. The summed E-state index contributed by atoms with van der Waals surface area (Å²) in [6.07, 6.45) is 20.9. The Hall–Kier alpha value is -1.98. The van der Waals surface area contributed by atoms with E-state index < -0.39 is 0 Å². The Morgan fingerprint density at radius 2 is 1.85 bits per heavy atom. The van der Waals surface area contributed by atoms with Crippen molar-refractivity contribution >= 4 is 12.1 Å². The molecule has 5 heteroatoms. The molecule has 4 rings (SSSR count). The minimum absolute atomic E-state index is 0.635. The van der Waals surface area contributed by atoms with Gasteiger partial charge in [0.05, 0.1) is 0 Å². The summed E-state index contributed by atoms with van der Waals surface area (Å²) in [5.74, 6) is 1.50. The van der Waals surface area contributed by atoms with Gasteiger partial charge in [-0.05, 0) is 63.0 Å². The number of likely N-dealkylation sites (tertiary alicyclic amines) is 1. The van der Waals surface area contributed by atoms with Gasteiger partial charge in [0.15, 0.2) is 0 Å². The van der Waals surface area contributed by atoms with Crippen molar-refractivity contribution in [2.24, 2.45) is 15.9 Å². The SMILES string of the molecule is C=C(/N=C\N=C1CCCN(CC2=C/C=C(/C(C)C)CC/C=C\2)CC1)N1CCN(C2CCC2)CC1. The first-order valence-electron chi connectivity index (χ1n) is 13.6. The third-order valence-corrected chi connectivity index (χ3v) is 7.96. The maximum atomic E-state index is 4.74. The summed E-state index contributed by atoms with van der Waals surface area (Å²) >= 11 is 0. The fourth-order valence-electron chi connectivity index (χ4n) is 5.36. The maximum Gasteiger partial charge on any atom is 0.123 e. The Balaban J connectivity index is 1.23. The van der Waals surface area contributed by atoms with E-state index in [0.717, 1.165) is 76.9 Å². The van der Waals surface area contributed by atoms with Crippen LogP contribution in [0.2, 0.25) is 0 Å². The largest absolute Gasteiger partial charge is 0.354 e. The summed E-state index contributed by atoms with van der Waals surface area (Å²) < 4.78 is 0. The van der Waals surface area contributed by atoms with Crippen LogP contribution in [0.15, 0.2) is 57.8 Å².